The van der Waals surface area contributed by atoms with Gasteiger partial charge in [0.15, 0.2) is 5.75 Å². The molecule has 0 unspecified atom stereocenters. The van der Waals surface area contributed by atoms with Crippen LogP contribution in [0.1, 0.15) is 24.2 Å². The van der Waals surface area contributed by atoms with Gasteiger partial charge < -0.3 is 15.4 Å². The number of rotatable bonds is 8. The third-order valence-electron chi connectivity index (χ3n) is 2.55. The molecular formula is C13H19N3O4. The molecule has 7 heteroatoms. The van der Waals surface area contributed by atoms with E-state index in [1.165, 1.54) is 18.2 Å². The number of hydrogen-bond donors (Lipinski definition) is 2. The number of hydrogen-bond acceptors (Lipinski definition) is 5. The third kappa shape index (κ3) is 4.51. The van der Waals surface area contributed by atoms with Gasteiger partial charge >= 0.3 is 5.69 Å². The van der Waals surface area contributed by atoms with Gasteiger partial charge in [-0.25, -0.2) is 0 Å². The molecule has 0 aliphatic carbocycles. The van der Waals surface area contributed by atoms with Crippen molar-refractivity contribution in [1.29, 1.82) is 0 Å². The van der Waals surface area contributed by atoms with Crippen molar-refractivity contribution in [3.63, 3.8) is 0 Å². The first kappa shape index (κ1) is 15.9. The number of nitrogens with one attached hydrogen (secondary N) is 2. The predicted octanol–water partition coefficient (Wildman–Crippen LogP) is 1.33. The minimum atomic E-state index is -0.555. The molecule has 0 aliphatic heterocycles. The number of nitro groups is 1. The number of carbonyl (C=O) groups excluding carboxylic acids is 1. The molecule has 0 heterocycles. The van der Waals surface area contributed by atoms with Gasteiger partial charge in [0.05, 0.1) is 11.5 Å². The lowest BCUT2D eigenvalue weighted by molar-refractivity contribution is -0.385. The number of benzene rings is 1. The van der Waals surface area contributed by atoms with E-state index >= 15 is 0 Å². The molecule has 0 radical (unpaired) electrons. The van der Waals surface area contributed by atoms with Crippen LogP contribution >= 0.6 is 0 Å². The molecule has 20 heavy (non-hydrogen) atoms. The number of ether oxygens (including phenoxy) is 1. The molecule has 7 nitrogen and oxygen atoms in total. The fourth-order valence-corrected chi connectivity index (χ4v) is 1.62. The summed E-state index contributed by atoms with van der Waals surface area (Å²) >= 11 is 0. The normalized spacial score (nSPS) is 10.1. The van der Waals surface area contributed by atoms with E-state index < -0.39 is 4.92 Å². The van der Waals surface area contributed by atoms with Crippen molar-refractivity contribution in [3.05, 3.63) is 33.9 Å². The molecule has 0 aliphatic rings. The fraction of sp³-hybridized carbons (Fsp3) is 0.462. The van der Waals surface area contributed by atoms with E-state index in [0.717, 1.165) is 6.54 Å². The number of likely N-dealkylation sites (N-methyl/N-ethyl adjacent to an activating group) is 1. The third-order valence-corrected chi connectivity index (χ3v) is 2.55. The molecule has 2 N–H and O–H groups in total. The summed E-state index contributed by atoms with van der Waals surface area (Å²) in [5.41, 5.74) is 0.0443. The van der Waals surface area contributed by atoms with Crippen LogP contribution in [0.4, 0.5) is 5.69 Å². The van der Waals surface area contributed by atoms with Crippen molar-refractivity contribution in [2.24, 2.45) is 0 Å². The monoisotopic (exact) mass is 281 g/mol. The van der Waals surface area contributed by atoms with Gasteiger partial charge in [-0.2, -0.15) is 0 Å². The summed E-state index contributed by atoms with van der Waals surface area (Å²) in [7, 11) is 0. The average Bonchev–Trinajstić information content (AvgIpc) is 2.44. The standard InChI is InChI=1S/C13H19N3O4/c1-3-14-7-8-15-13(17)10-5-6-12(20-4-2)11(9-10)16(18)19/h5-6,9,14H,3-4,7-8H2,1-2H3,(H,15,17). The van der Waals surface area contributed by atoms with E-state index in [1.807, 2.05) is 6.92 Å². The molecular weight excluding hydrogens is 262 g/mol. The van der Waals surface area contributed by atoms with E-state index in [1.54, 1.807) is 6.92 Å². The molecule has 0 atom stereocenters. The van der Waals surface area contributed by atoms with Crippen LogP contribution in [0.15, 0.2) is 18.2 Å². The highest BCUT2D eigenvalue weighted by atomic mass is 16.6. The van der Waals surface area contributed by atoms with Gasteiger partial charge in [0, 0.05) is 24.7 Å². The van der Waals surface area contributed by atoms with Crippen molar-refractivity contribution in [2.75, 3.05) is 26.2 Å². The zero-order valence-corrected chi connectivity index (χ0v) is 11.6. The molecule has 1 aromatic rings. The second-order valence-electron chi connectivity index (χ2n) is 3.98. The summed E-state index contributed by atoms with van der Waals surface area (Å²) in [6, 6.07) is 4.19. The molecule has 110 valence electrons. The molecule has 0 bridgehead atoms. The summed E-state index contributed by atoms with van der Waals surface area (Å²) in [6.07, 6.45) is 0. The average molecular weight is 281 g/mol. The Labute approximate surface area is 117 Å². The van der Waals surface area contributed by atoms with Gasteiger partial charge in [-0.05, 0) is 25.6 Å². The molecule has 0 fully saturated rings. The van der Waals surface area contributed by atoms with Crippen molar-refractivity contribution in [1.82, 2.24) is 10.6 Å². The van der Waals surface area contributed by atoms with Crippen LogP contribution in [0.2, 0.25) is 0 Å². The van der Waals surface area contributed by atoms with E-state index in [4.69, 9.17) is 4.74 Å². The van der Waals surface area contributed by atoms with Crippen LogP contribution in [0.25, 0.3) is 0 Å². The van der Waals surface area contributed by atoms with Crippen LogP contribution < -0.4 is 15.4 Å². The van der Waals surface area contributed by atoms with Gasteiger partial charge in [0.25, 0.3) is 5.91 Å². The molecule has 0 spiro atoms. The highest BCUT2D eigenvalue weighted by molar-refractivity contribution is 5.95. The Bertz CT molecular complexity index is 477. The molecule has 0 saturated heterocycles. The highest BCUT2D eigenvalue weighted by Gasteiger charge is 2.18. The summed E-state index contributed by atoms with van der Waals surface area (Å²) in [6.45, 7) is 5.98. The minimum Gasteiger partial charge on any atom is -0.487 e. The number of nitro benzene ring substituents is 1. The SMILES string of the molecule is CCNCCNC(=O)c1ccc(OCC)c([N+](=O)[O-])c1. The quantitative estimate of drug-likeness (QED) is 0.426. The molecule has 1 rings (SSSR count). The second kappa shape index (κ2) is 8.11. The number of carbonyl (C=O) groups is 1. The minimum absolute atomic E-state index is 0.168. The Hall–Kier alpha value is -2.15. The van der Waals surface area contributed by atoms with Crippen molar-refractivity contribution in [3.8, 4) is 5.75 Å². The van der Waals surface area contributed by atoms with Crippen molar-refractivity contribution in [2.45, 2.75) is 13.8 Å². The van der Waals surface area contributed by atoms with Gasteiger partial charge in [-0.15, -0.1) is 0 Å². The zero-order valence-electron chi connectivity index (χ0n) is 11.6. The van der Waals surface area contributed by atoms with Gasteiger partial charge in [-0.3, -0.25) is 14.9 Å². The van der Waals surface area contributed by atoms with Crippen LogP contribution in [0, 0.1) is 10.1 Å². The predicted molar refractivity (Wildman–Crippen MR) is 75.1 cm³/mol. The second-order valence-corrected chi connectivity index (χ2v) is 3.98. The zero-order chi connectivity index (χ0) is 15.0. The van der Waals surface area contributed by atoms with Crippen LogP contribution in [-0.4, -0.2) is 37.1 Å². The lowest BCUT2D eigenvalue weighted by Gasteiger charge is -2.08. The Morgan fingerprint density at radius 3 is 2.70 bits per heavy atom. The highest BCUT2D eigenvalue weighted by Crippen LogP contribution is 2.27. The maximum atomic E-state index is 11.8. The number of nitrogens with zero attached hydrogens (tertiary/aromatic N) is 1. The maximum Gasteiger partial charge on any atom is 0.311 e. The van der Waals surface area contributed by atoms with Crippen LogP contribution in [0.3, 0.4) is 0 Å². The van der Waals surface area contributed by atoms with Gasteiger partial charge in [0.1, 0.15) is 0 Å². The fourth-order valence-electron chi connectivity index (χ4n) is 1.62. The van der Waals surface area contributed by atoms with E-state index in [0.29, 0.717) is 19.7 Å². The van der Waals surface area contributed by atoms with Crippen LogP contribution in [-0.2, 0) is 0 Å². The van der Waals surface area contributed by atoms with Crippen LogP contribution in [0.5, 0.6) is 5.75 Å². The van der Waals surface area contributed by atoms with Crippen molar-refractivity contribution >= 4 is 11.6 Å². The topological polar surface area (TPSA) is 93.5 Å². The van der Waals surface area contributed by atoms with E-state index in [-0.39, 0.29) is 22.9 Å². The maximum absolute atomic E-state index is 11.8. The van der Waals surface area contributed by atoms with Gasteiger partial charge in [-0.1, -0.05) is 6.92 Å². The first-order chi connectivity index (χ1) is 9.60. The first-order valence-electron chi connectivity index (χ1n) is 6.50. The van der Waals surface area contributed by atoms with E-state index in [2.05, 4.69) is 10.6 Å². The summed E-state index contributed by atoms with van der Waals surface area (Å²) in [4.78, 5) is 22.2. The first-order valence-corrected chi connectivity index (χ1v) is 6.50. The summed E-state index contributed by atoms with van der Waals surface area (Å²) in [5, 5.41) is 16.7. The summed E-state index contributed by atoms with van der Waals surface area (Å²) in [5.74, 6) is -0.171. The Morgan fingerprint density at radius 2 is 2.10 bits per heavy atom. The van der Waals surface area contributed by atoms with Gasteiger partial charge in [0.2, 0.25) is 0 Å². The molecule has 1 aromatic carbocycles. The lowest BCUT2D eigenvalue weighted by atomic mass is 10.1. The smallest absolute Gasteiger partial charge is 0.311 e. The molecule has 1 amide bonds. The Kier molecular flexibility index (Phi) is 6.45. The molecule has 0 saturated carbocycles. The Balaban J connectivity index is 2.78. The summed E-state index contributed by atoms with van der Waals surface area (Å²) < 4.78 is 5.16. The van der Waals surface area contributed by atoms with Crippen molar-refractivity contribution < 1.29 is 14.5 Å². The molecule has 0 aromatic heterocycles. The Morgan fingerprint density at radius 1 is 1.35 bits per heavy atom. The largest absolute Gasteiger partial charge is 0.487 e. The lowest BCUT2D eigenvalue weighted by Crippen LogP contribution is -2.31. The van der Waals surface area contributed by atoms with E-state index in [9.17, 15) is 14.9 Å². The number of amides is 1.